The number of aromatic nitrogens is 3. The lowest BCUT2D eigenvalue weighted by Crippen LogP contribution is -2.13. The molecule has 1 aliphatic carbocycles. The first-order valence-corrected chi connectivity index (χ1v) is 8.65. The molecule has 0 spiro atoms. The summed E-state index contributed by atoms with van der Waals surface area (Å²) >= 11 is 0. The third kappa shape index (κ3) is 3.15. The molecule has 8 heteroatoms. The second-order valence-electron chi connectivity index (χ2n) is 6.63. The van der Waals surface area contributed by atoms with Gasteiger partial charge < -0.3 is 15.4 Å². The van der Waals surface area contributed by atoms with Crippen LogP contribution in [0.2, 0.25) is 0 Å². The lowest BCUT2D eigenvalue weighted by Gasteiger charge is -2.14. The van der Waals surface area contributed by atoms with Gasteiger partial charge in [0, 0.05) is 11.9 Å². The highest BCUT2D eigenvalue weighted by Gasteiger charge is 2.34. The number of nitriles is 1. The lowest BCUT2D eigenvalue weighted by molar-refractivity contribution is 0.0697. The summed E-state index contributed by atoms with van der Waals surface area (Å²) in [7, 11) is 0. The van der Waals surface area contributed by atoms with Crippen LogP contribution in [0.5, 0.6) is 0 Å². The largest absolute Gasteiger partial charge is 0.478 e. The molecule has 0 saturated heterocycles. The number of carbonyl (C=O) groups is 1. The number of hydrogen-bond acceptors (Lipinski definition) is 5. The predicted octanol–water partition coefficient (Wildman–Crippen LogP) is 3.03. The number of hydrogen-bond donors (Lipinski definition) is 3. The maximum absolute atomic E-state index is 12.4. The number of nitrogens with one attached hydrogen (secondary N) is 2. The molecule has 27 heavy (non-hydrogen) atoms. The van der Waals surface area contributed by atoms with E-state index >= 15 is 0 Å². The van der Waals surface area contributed by atoms with E-state index in [1.165, 1.54) is 12.1 Å². The third-order valence-electron chi connectivity index (χ3n) is 4.81. The van der Waals surface area contributed by atoms with Gasteiger partial charge in [-0.1, -0.05) is 0 Å². The quantitative estimate of drug-likeness (QED) is 0.618. The van der Waals surface area contributed by atoms with Gasteiger partial charge in [0.05, 0.1) is 29.6 Å². The Balaban J connectivity index is 1.77. The van der Waals surface area contributed by atoms with E-state index in [0.29, 0.717) is 34.7 Å². The fourth-order valence-corrected chi connectivity index (χ4v) is 3.30. The summed E-state index contributed by atoms with van der Waals surface area (Å²) < 4.78 is 1.78. The maximum Gasteiger partial charge on any atom is 0.335 e. The van der Waals surface area contributed by atoms with Gasteiger partial charge in [0.15, 0.2) is 5.82 Å². The Bertz CT molecular complexity index is 1100. The Hall–Kier alpha value is -3.60. The molecular formula is C19H17N5O3. The summed E-state index contributed by atoms with van der Waals surface area (Å²) in [5.41, 5.74) is 1.21. The van der Waals surface area contributed by atoms with Gasteiger partial charge in [-0.15, -0.1) is 0 Å². The molecule has 1 atom stereocenters. The average molecular weight is 363 g/mol. The van der Waals surface area contributed by atoms with Crippen LogP contribution < -0.4 is 10.9 Å². The van der Waals surface area contributed by atoms with E-state index in [0.717, 1.165) is 12.8 Å². The Morgan fingerprint density at radius 1 is 1.37 bits per heavy atom. The van der Waals surface area contributed by atoms with Gasteiger partial charge in [-0.05, 0) is 49.1 Å². The van der Waals surface area contributed by atoms with E-state index in [2.05, 4.69) is 21.5 Å². The number of carboxylic acids is 1. The van der Waals surface area contributed by atoms with E-state index in [1.54, 1.807) is 29.1 Å². The van der Waals surface area contributed by atoms with Crippen LogP contribution in [0.4, 0.5) is 11.5 Å². The molecule has 0 amide bonds. The SMILES string of the molecule is N#CCC(C1CC1)n1nc(Nc2ccc(C(=O)O)cc2)c2c(=O)[nH]ccc21. The van der Waals surface area contributed by atoms with E-state index in [4.69, 9.17) is 5.11 Å². The zero-order chi connectivity index (χ0) is 19.0. The van der Waals surface area contributed by atoms with Gasteiger partial charge in [-0.25, -0.2) is 4.79 Å². The fourth-order valence-electron chi connectivity index (χ4n) is 3.30. The van der Waals surface area contributed by atoms with Crippen LogP contribution in [-0.2, 0) is 0 Å². The number of benzene rings is 1. The van der Waals surface area contributed by atoms with Crippen LogP contribution >= 0.6 is 0 Å². The normalized spacial score (nSPS) is 14.6. The second kappa shape index (κ2) is 6.61. The summed E-state index contributed by atoms with van der Waals surface area (Å²) in [5.74, 6) is -0.218. The minimum atomic E-state index is -1.00. The van der Waals surface area contributed by atoms with Crippen molar-refractivity contribution in [3.63, 3.8) is 0 Å². The predicted molar refractivity (Wildman–Crippen MR) is 99.0 cm³/mol. The number of H-pyrrole nitrogens is 1. The molecule has 0 aliphatic heterocycles. The van der Waals surface area contributed by atoms with Crippen molar-refractivity contribution in [2.75, 3.05) is 5.32 Å². The Morgan fingerprint density at radius 3 is 2.74 bits per heavy atom. The molecule has 2 heterocycles. The van der Waals surface area contributed by atoms with E-state index in [-0.39, 0.29) is 17.2 Å². The van der Waals surface area contributed by atoms with Gasteiger partial charge in [0.1, 0.15) is 5.39 Å². The average Bonchev–Trinajstić information content (AvgIpc) is 3.43. The van der Waals surface area contributed by atoms with E-state index < -0.39 is 5.97 Å². The van der Waals surface area contributed by atoms with Gasteiger partial charge in [0.2, 0.25) is 0 Å². The molecule has 136 valence electrons. The van der Waals surface area contributed by atoms with Gasteiger partial charge in [0.25, 0.3) is 5.56 Å². The molecule has 1 aromatic carbocycles. The molecule has 0 radical (unpaired) electrons. The molecule has 3 N–H and O–H groups in total. The van der Waals surface area contributed by atoms with Crippen LogP contribution in [-0.4, -0.2) is 25.8 Å². The van der Waals surface area contributed by atoms with Crippen LogP contribution in [0.3, 0.4) is 0 Å². The van der Waals surface area contributed by atoms with Crippen molar-refractivity contribution in [2.24, 2.45) is 5.92 Å². The molecule has 1 saturated carbocycles. The molecule has 1 unspecified atom stereocenters. The Labute approximate surface area is 154 Å². The number of fused-ring (bicyclic) bond motifs is 1. The first-order valence-electron chi connectivity index (χ1n) is 8.65. The maximum atomic E-state index is 12.4. The van der Waals surface area contributed by atoms with Gasteiger partial charge >= 0.3 is 5.97 Å². The molecule has 1 fully saturated rings. The van der Waals surface area contributed by atoms with Gasteiger partial charge in [-0.2, -0.15) is 10.4 Å². The Morgan fingerprint density at radius 2 is 2.11 bits per heavy atom. The van der Waals surface area contributed by atoms with Crippen molar-refractivity contribution in [3.05, 3.63) is 52.4 Å². The molecular weight excluding hydrogens is 346 g/mol. The second-order valence-corrected chi connectivity index (χ2v) is 6.63. The number of anilines is 2. The zero-order valence-corrected chi connectivity index (χ0v) is 14.3. The number of pyridine rings is 1. The summed E-state index contributed by atoms with van der Waals surface area (Å²) in [6.07, 6.45) is 4.01. The minimum absolute atomic E-state index is 0.0655. The summed E-state index contributed by atoms with van der Waals surface area (Å²) in [6, 6.07) is 10.2. The molecule has 4 rings (SSSR count). The molecule has 2 aromatic heterocycles. The molecule has 3 aromatic rings. The highest BCUT2D eigenvalue weighted by atomic mass is 16.4. The third-order valence-corrected chi connectivity index (χ3v) is 4.81. The van der Waals surface area contributed by atoms with Crippen molar-refractivity contribution in [1.82, 2.24) is 14.8 Å². The Kier molecular flexibility index (Phi) is 4.12. The standard InChI is InChI=1S/C19H17N5O3/c20-9-7-14(11-1-2-11)24-15-8-10-21-18(25)16(15)17(23-24)22-13-5-3-12(4-6-13)19(26)27/h3-6,8,10-11,14H,1-2,7H2,(H,21,25)(H,22,23)(H,26,27). The zero-order valence-electron chi connectivity index (χ0n) is 14.3. The van der Waals surface area contributed by atoms with Crippen molar-refractivity contribution >= 4 is 28.4 Å². The van der Waals surface area contributed by atoms with Crippen LogP contribution in [0, 0.1) is 17.2 Å². The monoisotopic (exact) mass is 363 g/mol. The topological polar surface area (TPSA) is 124 Å². The summed E-state index contributed by atoms with van der Waals surface area (Å²) in [4.78, 5) is 26.1. The first kappa shape index (κ1) is 16.8. The highest BCUT2D eigenvalue weighted by molar-refractivity contribution is 5.92. The minimum Gasteiger partial charge on any atom is -0.478 e. The van der Waals surface area contributed by atoms with Crippen LogP contribution in [0.15, 0.2) is 41.3 Å². The molecule has 1 aliphatic rings. The first-order chi connectivity index (χ1) is 13.1. The van der Waals surface area contributed by atoms with Gasteiger partial charge in [-0.3, -0.25) is 9.48 Å². The molecule has 0 bridgehead atoms. The summed E-state index contributed by atoms with van der Waals surface area (Å²) in [5, 5.41) is 26.3. The number of aromatic amines is 1. The number of carboxylic acid groups (broad SMARTS) is 1. The number of nitrogens with zero attached hydrogens (tertiary/aromatic N) is 3. The highest BCUT2D eigenvalue weighted by Crippen LogP contribution is 2.42. The van der Waals surface area contributed by atoms with Crippen molar-refractivity contribution in [3.8, 4) is 6.07 Å². The van der Waals surface area contributed by atoms with Crippen LogP contribution in [0.1, 0.15) is 35.7 Å². The van der Waals surface area contributed by atoms with Crippen molar-refractivity contribution < 1.29 is 9.90 Å². The van der Waals surface area contributed by atoms with Crippen molar-refractivity contribution in [2.45, 2.75) is 25.3 Å². The lowest BCUT2D eigenvalue weighted by atomic mass is 10.1. The van der Waals surface area contributed by atoms with E-state index in [1.807, 2.05) is 0 Å². The van der Waals surface area contributed by atoms with E-state index in [9.17, 15) is 14.9 Å². The van der Waals surface area contributed by atoms with Crippen LogP contribution in [0.25, 0.3) is 10.9 Å². The molecule has 8 nitrogen and oxygen atoms in total. The fraction of sp³-hybridized carbons (Fsp3) is 0.263. The number of aromatic carboxylic acids is 1. The number of rotatable bonds is 6. The van der Waals surface area contributed by atoms with Crippen molar-refractivity contribution in [1.29, 1.82) is 5.26 Å². The summed E-state index contributed by atoms with van der Waals surface area (Å²) in [6.45, 7) is 0. The smallest absolute Gasteiger partial charge is 0.335 e.